The fraction of sp³-hybridized carbons (Fsp3) is 0.200. The maximum atomic E-state index is 13.4. The zero-order valence-electron chi connectivity index (χ0n) is 21.3. The minimum absolute atomic E-state index is 0.0570. The Hall–Kier alpha value is -4.54. The van der Waals surface area contributed by atoms with E-state index < -0.39 is 42.5 Å². The van der Waals surface area contributed by atoms with Crippen LogP contribution in [-0.4, -0.2) is 22.4 Å². The number of ether oxygens (including phenoxy) is 2. The van der Waals surface area contributed by atoms with Crippen LogP contribution in [-0.2, 0) is 36.8 Å². The van der Waals surface area contributed by atoms with Crippen molar-refractivity contribution in [2.24, 2.45) is 0 Å². The van der Waals surface area contributed by atoms with Crippen LogP contribution >= 0.6 is 0 Å². The third kappa shape index (κ3) is 6.62. The lowest BCUT2D eigenvalue weighted by molar-refractivity contribution is -0.143. The lowest BCUT2D eigenvalue weighted by Crippen LogP contribution is -2.32. The number of halogens is 6. The van der Waals surface area contributed by atoms with Crippen molar-refractivity contribution in [2.75, 3.05) is 6.61 Å². The zero-order valence-corrected chi connectivity index (χ0v) is 21.3. The molecule has 1 aromatic heterocycles. The molecular formula is C30H22F6N2O3. The number of hydrogen-bond donors (Lipinski definition) is 0. The van der Waals surface area contributed by atoms with Crippen LogP contribution in [0.3, 0.4) is 0 Å². The highest BCUT2D eigenvalue weighted by atomic mass is 19.4. The summed E-state index contributed by atoms with van der Waals surface area (Å²) < 4.78 is 91.6. The van der Waals surface area contributed by atoms with Gasteiger partial charge in [-0.15, -0.1) is 0 Å². The molecule has 0 spiro atoms. The van der Waals surface area contributed by atoms with Crippen LogP contribution in [0, 0.1) is 0 Å². The molecule has 212 valence electrons. The number of nitrogens with zero attached hydrogens (tertiary/aromatic N) is 2. The van der Waals surface area contributed by atoms with Crippen LogP contribution in [0.5, 0.6) is 11.6 Å². The first kappa shape index (κ1) is 28.0. The van der Waals surface area contributed by atoms with Crippen molar-refractivity contribution in [1.29, 1.82) is 0 Å². The van der Waals surface area contributed by atoms with Crippen LogP contribution in [0.4, 0.5) is 26.3 Å². The molecule has 0 radical (unpaired) electrons. The zero-order chi connectivity index (χ0) is 29.2. The molecule has 4 aromatic rings. The summed E-state index contributed by atoms with van der Waals surface area (Å²) in [6.45, 7) is -0.724. The molecule has 0 unspecified atom stereocenters. The van der Waals surface area contributed by atoms with E-state index in [1.165, 1.54) is 6.20 Å². The predicted molar refractivity (Wildman–Crippen MR) is 137 cm³/mol. The molecule has 41 heavy (non-hydrogen) atoms. The summed E-state index contributed by atoms with van der Waals surface area (Å²) in [5.41, 5.74) is -0.359. The van der Waals surface area contributed by atoms with Crippen molar-refractivity contribution < 1.29 is 40.6 Å². The summed E-state index contributed by atoms with van der Waals surface area (Å²) in [7, 11) is 0. The number of fused-ring (bicyclic) bond motifs is 1. The first-order chi connectivity index (χ1) is 19.5. The Bertz CT molecular complexity index is 1500. The van der Waals surface area contributed by atoms with Gasteiger partial charge in [0.25, 0.3) is 5.91 Å². The molecule has 11 heteroatoms. The van der Waals surface area contributed by atoms with Gasteiger partial charge < -0.3 is 14.4 Å². The van der Waals surface area contributed by atoms with Gasteiger partial charge in [-0.1, -0.05) is 42.5 Å². The number of carbonyl (C=O) groups is 1. The van der Waals surface area contributed by atoms with Gasteiger partial charge in [-0.3, -0.25) is 4.79 Å². The Morgan fingerprint density at radius 3 is 2.12 bits per heavy atom. The van der Waals surface area contributed by atoms with Crippen LogP contribution in [0.15, 0.2) is 85.1 Å². The van der Waals surface area contributed by atoms with E-state index in [2.05, 4.69) is 4.98 Å². The summed E-state index contributed by atoms with van der Waals surface area (Å²) >= 11 is 0. The van der Waals surface area contributed by atoms with E-state index in [1.54, 1.807) is 30.3 Å². The number of carbonyl (C=O) groups excluding carboxylic acids is 1. The molecule has 0 atom stereocenters. The van der Waals surface area contributed by atoms with E-state index in [0.717, 1.165) is 16.0 Å². The van der Waals surface area contributed by atoms with Gasteiger partial charge in [0.05, 0.1) is 17.7 Å². The number of rotatable bonds is 6. The molecule has 2 heterocycles. The third-order valence-electron chi connectivity index (χ3n) is 6.48. The lowest BCUT2D eigenvalue weighted by Gasteiger charge is -2.22. The molecule has 1 aliphatic rings. The average Bonchev–Trinajstić information content (AvgIpc) is 3.10. The second kappa shape index (κ2) is 11.1. The molecule has 0 fully saturated rings. The quantitative estimate of drug-likeness (QED) is 0.228. The van der Waals surface area contributed by atoms with Gasteiger partial charge >= 0.3 is 12.4 Å². The Kier molecular flexibility index (Phi) is 7.61. The molecule has 0 saturated heterocycles. The lowest BCUT2D eigenvalue weighted by atomic mass is 10.00. The summed E-state index contributed by atoms with van der Waals surface area (Å²) in [4.78, 5) is 18.2. The molecule has 5 nitrogen and oxygen atoms in total. The van der Waals surface area contributed by atoms with Crippen molar-refractivity contribution in [3.05, 3.63) is 113 Å². The highest BCUT2D eigenvalue weighted by Gasteiger charge is 2.37. The van der Waals surface area contributed by atoms with E-state index in [1.807, 2.05) is 30.3 Å². The maximum absolute atomic E-state index is 13.4. The van der Waals surface area contributed by atoms with Gasteiger partial charge in [-0.05, 0) is 58.7 Å². The topological polar surface area (TPSA) is 51.7 Å². The Morgan fingerprint density at radius 1 is 0.829 bits per heavy atom. The number of aromatic nitrogens is 1. The molecule has 0 aliphatic carbocycles. The molecule has 5 rings (SSSR count). The molecule has 1 aliphatic heterocycles. The highest BCUT2D eigenvalue weighted by molar-refractivity contribution is 5.80. The van der Waals surface area contributed by atoms with Crippen LogP contribution in [0.2, 0.25) is 0 Å². The van der Waals surface area contributed by atoms with Gasteiger partial charge in [0.2, 0.25) is 5.88 Å². The van der Waals surface area contributed by atoms with Crippen molar-refractivity contribution >= 4 is 5.91 Å². The average molecular weight is 573 g/mol. The standard InChI is InChI=1S/C30H22F6N2O3/c31-29(32,33)22-12-20(13-23(14-22)30(34,35)36)15-38-16-26-25(10-11-37-28(26)41-18-27(38)39)21-6-8-24(9-7-21)40-17-19-4-2-1-3-5-19/h1-14H,15-18H2. The fourth-order valence-corrected chi connectivity index (χ4v) is 4.47. The van der Waals surface area contributed by atoms with Gasteiger partial charge in [0, 0.05) is 18.3 Å². The minimum Gasteiger partial charge on any atom is -0.489 e. The Labute approximate surface area is 231 Å². The highest BCUT2D eigenvalue weighted by Crippen LogP contribution is 2.38. The molecule has 0 N–H and O–H groups in total. The van der Waals surface area contributed by atoms with Crippen molar-refractivity contribution in [1.82, 2.24) is 9.88 Å². The Balaban J connectivity index is 1.41. The van der Waals surface area contributed by atoms with Gasteiger partial charge in [-0.2, -0.15) is 26.3 Å². The van der Waals surface area contributed by atoms with E-state index in [0.29, 0.717) is 35.6 Å². The van der Waals surface area contributed by atoms with E-state index in [9.17, 15) is 31.1 Å². The molecule has 0 saturated carbocycles. The number of amides is 1. The molecular weight excluding hydrogens is 550 g/mol. The smallest absolute Gasteiger partial charge is 0.416 e. The Morgan fingerprint density at radius 2 is 1.49 bits per heavy atom. The molecule has 3 aromatic carbocycles. The van der Waals surface area contributed by atoms with Gasteiger partial charge in [0.15, 0.2) is 6.61 Å². The van der Waals surface area contributed by atoms with E-state index in [-0.39, 0.29) is 24.1 Å². The molecule has 1 amide bonds. The van der Waals surface area contributed by atoms with Gasteiger partial charge in [0.1, 0.15) is 12.4 Å². The van der Waals surface area contributed by atoms with Crippen LogP contribution in [0.1, 0.15) is 27.8 Å². The second-order valence-corrected chi connectivity index (χ2v) is 9.39. The van der Waals surface area contributed by atoms with Crippen molar-refractivity contribution in [3.8, 4) is 22.8 Å². The third-order valence-corrected chi connectivity index (χ3v) is 6.48. The second-order valence-electron chi connectivity index (χ2n) is 9.39. The molecule has 0 bridgehead atoms. The summed E-state index contributed by atoms with van der Waals surface area (Å²) in [5, 5.41) is 0. The summed E-state index contributed by atoms with van der Waals surface area (Å²) in [6, 6.07) is 19.8. The SMILES string of the molecule is O=C1COc2nccc(-c3ccc(OCc4ccccc4)cc3)c2CN1Cc1cc(C(F)(F)F)cc(C(F)(F)F)c1. The number of alkyl halides is 6. The predicted octanol–water partition coefficient (Wildman–Crippen LogP) is 7.29. The van der Waals surface area contributed by atoms with Crippen LogP contribution < -0.4 is 9.47 Å². The minimum atomic E-state index is -5.00. The summed E-state index contributed by atoms with van der Waals surface area (Å²) in [5.74, 6) is 0.170. The first-order valence-corrected chi connectivity index (χ1v) is 12.4. The summed E-state index contributed by atoms with van der Waals surface area (Å²) in [6.07, 6.45) is -8.50. The normalized spacial score (nSPS) is 13.8. The van der Waals surface area contributed by atoms with Crippen LogP contribution in [0.25, 0.3) is 11.1 Å². The monoisotopic (exact) mass is 572 g/mol. The van der Waals surface area contributed by atoms with E-state index in [4.69, 9.17) is 9.47 Å². The van der Waals surface area contributed by atoms with E-state index >= 15 is 0 Å². The maximum Gasteiger partial charge on any atom is 0.416 e. The van der Waals surface area contributed by atoms with Gasteiger partial charge in [-0.25, -0.2) is 4.98 Å². The number of benzene rings is 3. The largest absolute Gasteiger partial charge is 0.489 e. The fourth-order valence-electron chi connectivity index (χ4n) is 4.47. The first-order valence-electron chi connectivity index (χ1n) is 12.4. The number of hydrogen-bond acceptors (Lipinski definition) is 4. The van der Waals surface area contributed by atoms with Crippen molar-refractivity contribution in [3.63, 3.8) is 0 Å². The van der Waals surface area contributed by atoms with Crippen molar-refractivity contribution in [2.45, 2.75) is 32.0 Å². The number of pyridine rings is 1.